The van der Waals surface area contributed by atoms with Gasteiger partial charge in [0, 0.05) is 23.6 Å². The molecule has 0 spiro atoms. The number of rotatable bonds is 42. The monoisotopic (exact) mass is 883 g/mol. The van der Waals surface area contributed by atoms with Crippen molar-refractivity contribution in [1.29, 1.82) is 0 Å². The second kappa shape index (κ2) is 39.5. The van der Waals surface area contributed by atoms with Crippen LogP contribution in [0.4, 0.5) is 0 Å². The molecule has 0 unspecified atom stereocenters. The van der Waals surface area contributed by atoms with E-state index in [2.05, 4.69) is 38.1 Å². The van der Waals surface area contributed by atoms with Crippen LogP contribution in [0.2, 0.25) is 0 Å². The fourth-order valence-corrected chi connectivity index (χ4v) is 9.98. The molecule has 1 aliphatic carbocycles. The van der Waals surface area contributed by atoms with Crippen molar-refractivity contribution in [3.05, 3.63) is 58.7 Å². The molecular formula is C60H102N2O2. The van der Waals surface area contributed by atoms with Crippen molar-refractivity contribution < 1.29 is 10.2 Å². The molecule has 2 atom stereocenters. The summed E-state index contributed by atoms with van der Waals surface area (Å²) in [5.74, 6) is 0.607. The Labute approximate surface area is 396 Å². The van der Waals surface area contributed by atoms with Crippen LogP contribution in [0.25, 0.3) is 0 Å². The summed E-state index contributed by atoms with van der Waals surface area (Å²) in [5.41, 5.74) is 4.21. The first-order valence-corrected chi connectivity index (χ1v) is 28.3. The zero-order valence-corrected chi connectivity index (χ0v) is 42.3. The Bertz CT molecular complexity index is 1330. The Morgan fingerprint density at radius 3 is 0.891 bits per heavy atom. The summed E-state index contributed by atoms with van der Waals surface area (Å²) in [6.07, 6.45) is 60.5. The van der Waals surface area contributed by atoms with Gasteiger partial charge in [0.2, 0.25) is 0 Å². The summed E-state index contributed by atoms with van der Waals surface area (Å²) in [6.45, 7) is 4.60. The van der Waals surface area contributed by atoms with Gasteiger partial charge in [0.1, 0.15) is 11.5 Å². The molecule has 0 saturated heterocycles. The maximum Gasteiger partial charge on any atom is 0.124 e. The molecule has 64 heavy (non-hydrogen) atoms. The predicted octanol–water partition coefficient (Wildman–Crippen LogP) is 19.1. The number of aromatic hydroxyl groups is 2. The smallest absolute Gasteiger partial charge is 0.124 e. The number of benzene rings is 2. The van der Waals surface area contributed by atoms with E-state index in [4.69, 9.17) is 9.98 Å². The highest BCUT2D eigenvalue weighted by Crippen LogP contribution is 2.27. The fraction of sp³-hybridized carbons (Fsp3) is 0.767. The molecule has 0 radical (unpaired) electrons. The van der Waals surface area contributed by atoms with E-state index < -0.39 is 0 Å². The zero-order valence-electron chi connectivity index (χ0n) is 42.3. The average Bonchev–Trinajstić information content (AvgIpc) is 3.31. The second-order valence-electron chi connectivity index (χ2n) is 20.3. The topological polar surface area (TPSA) is 65.2 Å². The molecule has 2 aromatic rings. The first-order valence-electron chi connectivity index (χ1n) is 28.3. The molecule has 0 bridgehead atoms. The van der Waals surface area contributed by atoms with Gasteiger partial charge >= 0.3 is 0 Å². The summed E-state index contributed by atoms with van der Waals surface area (Å²) in [4.78, 5) is 10.0. The third-order valence-corrected chi connectivity index (χ3v) is 14.3. The fourth-order valence-electron chi connectivity index (χ4n) is 9.98. The quantitative estimate of drug-likeness (QED) is 0.0515. The van der Waals surface area contributed by atoms with Crippen LogP contribution in [0.15, 0.2) is 46.4 Å². The molecule has 364 valence electrons. The lowest BCUT2D eigenvalue weighted by atomic mass is 9.91. The standard InChI is InChI=1S/C60H102N2O2/c1-3-5-7-9-11-13-15-17-19-21-23-25-27-29-31-33-35-37-41-53-45-47-59(63)55(49-53)51-61-57-43-39-40-44-58(57)62-52-56-50-54(46-48-60(56)64)42-38-36-34-32-30-28-26-24-22-20-18-16-14-12-10-8-6-4-2/h45-52,57-58,63-64H,3-44H2,1-2H3/t57-,58-/m0/s1. The second-order valence-corrected chi connectivity index (χ2v) is 20.3. The number of hydrogen-bond donors (Lipinski definition) is 2. The van der Waals surface area contributed by atoms with Crippen LogP contribution in [0, 0.1) is 0 Å². The van der Waals surface area contributed by atoms with Crippen molar-refractivity contribution in [2.45, 2.75) is 296 Å². The van der Waals surface area contributed by atoms with Gasteiger partial charge in [-0.2, -0.15) is 0 Å². The van der Waals surface area contributed by atoms with E-state index in [-0.39, 0.29) is 12.1 Å². The predicted molar refractivity (Wildman–Crippen MR) is 282 cm³/mol. The van der Waals surface area contributed by atoms with Gasteiger partial charge in [-0.3, -0.25) is 9.98 Å². The van der Waals surface area contributed by atoms with Crippen molar-refractivity contribution in [2.24, 2.45) is 9.98 Å². The number of unbranched alkanes of at least 4 members (excludes halogenated alkanes) is 34. The van der Waals surface area contributed by atoms with Gasteiger partial charge in [-0.05, 0) is 73.9 Å². The van der Waals surface area contributed by atoms with Gasteiger partial charge in [-0.25, -0.2) is 0 Å². The van der Waals surface area contributed by atoms with E-state index in [1.165, 1.54) is 242 Å². The van der Waals surface area contributed by atoms with Crippen molar-refractivity contribution in [1.82, 2.24) is 0 Å². The van der Waals surface area contributed by atoms with Crippen LogP contribution in [0.3, 0.4) is 0 Å². The van der Waals surface area contributed by atoms with Gasteiger partial charge in [0.05, 0.1) is 12.1 Å². The summed E-state index contributed by atoms with van der Waals surface area (Å²) in [6, 6.07) is 12.3. The van der Waals surface area contributed by atoms with Crippen LogP contribution in [-0.4, -0.2) is 34.7 Å². The molecule has 4 nitrogen and oxygen atoms in total. The van der Waals surface area contributed by atoms with Crippen molar-refractivity contribution >= 4 is 12.4 Å². The largest absolute Gasteiger partial charge is 0.507 e. The lowest BCUT2D eigenvalue weighted by Gasteiger charge is -2.25. The van der Waals surface area contributed by atoms with Crippen LogP contribution < -0.4 is 0 Å². The van der Waals surface area contributed by atoms with Crippen LogP contribution in [-0.2, 0) is 12.8 Å². The van der Waals surface area contributed by atoms with E-state index in [0.29, 0.717) is 11.5 Å². The third-order valence-electron chi connectivity index (χ3n) is 14.3. The Kier molecular flexibility index (Phi) is 34.4. The molecule has 2 aromatic carbocycles. The average molecular weight is 883 g/mol. The number of nitrogens with zero attached hydrogens (tertiary/aromatic N) is 2. The number of phenols is 2. The van der Waals surface area contributed by atoms with Crippen molar-refractivity contribution in [3.8, 4) is 11.5 Å². The molecular weight excluding hydrogens is 781 g/mol. The van der Waals surface area contributed by atoms with Crippen LogP contribution >= 0.6 is 0 Å². The normalized spacial score (nSPS) is 15.6. The summed E-state index contributed by atoms with van der Waals surface area (Å²) in [5, 5.41) is 21.4. The molecule has 1 fully saturated rings. The molecule has 0 amide bonds. The Morgan fingerprint density at radius 2 is 0.625 bits per heavy atom. The number of phenolic OH excluding ortho intramolecular Hbond substituents is 2. The molecule has 4 heteroatoms. The van der Waals surface area contributed by atoms with E-state index in [1.54, 1.807) is 0 Å². The highest BCUT2D eigenvalue weighted by Gasteiger charge is 2.23. The van der Waals surface area contributed by atoms with Gasteiger partial charge in [0.25, 0.3) is 0 Å². The Morgan fingerprint density at radius 1 is 0.375 bits per heavy atom. The van der Waals surface area contributed by atoms with Gasteiger partial charge in [-0.15, -0.1) is 0 Å². The van der Waals surface area contributed by atoms with Crippen LogP contribution in [0.1, 0.15) is 293 Å². The first kappa shape index (κ1) is 55.7. The molecule has 3 rings (SSSR count). The number of aryl methyl sites for hydroxylation is 2. The molecule has 1 saturated carbocycles. The highest BCUT2D eigenvalue weighted by atomic mass is 16.3. The lowest BCUT2D eigenvalue weighted by Crippen LogP contribution is -2.27. The van der Waals surface area contributed by atoms with Crippen molar-refractivity contribution in [3.63, 3.8) is 0 Å². The third kappa shape index (κ3) is 28.4. The highest BCUT2D eigenvalue weighted by molar-refractivity contribution is 5.84. The molecule has 0 aliphatic heterocycles. The Balaban J connectivity index is 1.25. The summed E-state index contributed by atoms with van der Waals surface area (Å²) >= 11 is 0. The first-order chi connectivity index (χ1) is 31.6. The minimum absolute atomic E-state index is 0.0907. The summed E-state index contributed by atoms with van der Waals surface area (Å²) in [7, 11) is 0. The SMILES string of the molecule is CCCCCCCCCCCCCCCCCCCCc1ccc(O)c(C=N[C@H]2CCCC[C@@H]2N=Cc2cc(CCCCCCCCCCCCCCCCCCCC)ccc2O)c1. The molecule has 2 N–H and O–H groups in total. The minimum atomic E-state index is 0.0907. The molecule has 0 aromatic heterocycles. The number of hydrogen-bond acceptors (Lipinski definition) is 4. The zero-order chi connectivity index (χ0) is 45.4. The van der Waals surface area contributed by atoms with E-state index >= 15 is 0 Å². The maximum atomic E-state index is 10.7. The Hall–Kier alpha value is -2.62. The van der Waals surface area contributed by atoms with Crippen LogP contribution in [0.5, 0.6) is 11.5 Å². The van der Waals surface area contributed by atoms with E-state index in [1.807, 2.05) is 24.6 Å². The lowest BCUT2D eigenvalue weighted by molar-refractivity contribution is 0.390. The van der Waals surface area contributed by atoms with Gasteiger partial charge in [0.15, 0.2) is 0 Å². The van der Waals surface area contributed by atoms with Gasteiger partial charge < -0.3 is 10.2 Å². The number of aliphatic imine (C=N–C) groups is 2. The van der Waals surface area contributed by atoms with Crippen molar-refractivity contribution in [2.75, 3.05) is 0 Å². The van der Waals surface area contributed by atoms with Gasteiger partial charge in [-0.1, -0.05) is 257 Å². The van der Waals surface area contributed by atoms with E-state index in [0.717, 1.165) is 49.7 Å². The maximum absolute atomic E-state index is 10.7. The summed E-state index contributed by atoms with van der Waals surface area (Å²) < 4.78 is 0. The molecule has 1 aliphatic rings. The minimum Gasteiger partial charge on any atom is -0.507 e. The molecule has 0 heterocycles. The van der Waals surface area contributed by atoms with E-state index in [9.17, 15) is 10.2 Å².